The number of nitrogens with zero attached hydrogens (tertiary/aromatic N) is 2. The van der Waals surface area contributed by atoms with Gasteiger partial charge in [0.05, 0.1) is 11.8 Å². The van der Waals surface area contributed by atoms with E-state index in [4.69, 9.17) is 15.5 Å². The van der Waals surface area contributed by atoms with Crippen LogP contribution in [0.25, 0.3) is 10.8 Å². The topological polar surface area (TPSA) is 51.4 Å². The molecule has 0 spiro atoms. The van der Waals surface area contributed by atoms with E-state index in [-0.39, 0.29) is 0 Å². The number of hydrogen-bond donors (Lipinski definition) is 1. The molecule has 2 heterocycles. The molecule has 1 aliphatic heterocycles. The number of benzene rings is 1. The number of rotatable bonds is 5. The average Bonchev–Trinajstić information content (AvgIpc) is 3.04. The van der Waals surface area contributed by atoms with Gasteiger partial charge in [0.15, 0.2) is 0 Å². The van der Waals surface area contributed by atoms with Crippen molar-refractivity contribution in [3.63, 3.8) is 0 Å². The lowest BCUT2D eigenvalue weighted by molar-refractivity contribution is 0.115. The van der Waals surface area contributed by atoms with Gasteiger partial charge in [0.1, 0.15) is 5.82 Å². The van der Waals surface area contributed by atoms with Crippen LogP contribution in [0.5, 0.6) is 0 Å². The van der Waals surface area contributed by atoms with Gasteiger partial charge in [-0.3, -0.25) is 0 Å². The highest BCUT2D eigenvalue weighted by Gasteiger charge is 2.20. The van der Waals surface area contributed by atoms with E-state index in [2.05, 4.69) is 42.2 Å². The zero-order chi connectivity index (χ0) is 14.7. The number of pyridine rings is 1. The van der Waals surface area contributed by atoms with Gasteiger partial charge in [0.2, 0.25) is 0 Å². The second-order valence-corrected chi connectivity index (χ2v) is 5.54. The van der Waals surface area contributed by atoms with E-state index in [1.54, 1.807) is 0 Å². The van der Waals surface area contributed by atoms with E-state index >= 15 is 0 Å². The van der Waals surface area contributed by atoms with Crippen molar-refractivity contribution in [2.45, 2.75) is 32.4 Å². The normalized spacial score (nSPS) is 18.3. The number of likely N-dealkylation sites (N-methyl/N-ethyl adjacent to an activating group) is 1. The Morgan fingerprint density at radius 2 is 2.24 bits per heavy atom. The van der Waals surface area contributed by atoms with Gasteiger partial charge < -0.3 is 15.4 Å². The second kappa shape index (κ2) is 6.41. The average molecular weight is 285 g/mol. The summed E-state index contributed by atoms with van der Waals surface area (Å²) in [5, 5.41) is 2.39. The molecule has 1 fully saturated rings. The van der Waals surface area contributed by atoms with Crippen LogP contribution in [-0.2, 0) is 11.3 Å². The third-order valence-corrected chi connectivity index (χ3v) is 4.11. The van der Waals surface area contributed by atoms with Gasteiger partial charge in [-0.2, -0.15) is 0 Å². The maximum absolute atomic E-state index is 5.81. The van der Waals surface area contributed by atoms with E-state index in [0.29, 0.717) is 12.6 Å². The molecule has 1 unspecified atom stereocenters. The SMILES string of the molecule is CCN(CC1CCCO1)c1nc(CN)cc2ccccc12. The van der Waals surface area contributed by atoms with Crippen molar-refractivity contribution in [2.24, 2.45) is 5.73 Å². The highest BCUT2D eigenvalue weighted by atomic mass is 16.5. The molecule has 1 aromatic carbocycles. The van der Waals surface area contributed by atoms with Crippen LogP contribution in [0.2, 0.25) is 0 Å². The van der Waals surface area contributed by atoms with E-state index in [0.717, 1.165) is 37.6 Å². The first-order valence-corrected chi connectivity index (χ1v) is 7.77. The lowest BCUT2D eigenvalue weighted by Crippen LogP contribution is -2.33. The summed E-state index contributed by atoms with van der Waals surface area (Å²) in [7, 11) is 0. The van der Waals surface area contributed by atoms with Crippen molar-refractivity contribution in [1.82, 2.24) is 4.98 Å². The van der Waals surface area contributed by atoms with Crippen LogP contribution in [0.1, 0.15) is 25.5 Å². The molecule has 0 bridgehead atoms. The van der Waals surface area contributed by atoms with Crippen LogP contribution < -0.4 is 10.6 Å². The minimum absolute atomic E-state index is 0.326. The van der Waals surface area contributed by atoms with Gasteiger partial charge in [0, 0.05) is 31.6 Å². The van der Waals surface area contributed by atoms with Gasteiger partial charge in [-0.25, -0.2) is 4.98 Å². The molecule has 1 saturated heterocycles. The number of nitrogens with two attached hydrogens (primary N) is 1. The first-order valence-electron chi connectivity index (χ1n) is 7.77. The number of hydrogen-bond acceptors (Lipinski definition) is 4. The Balaban J connectivity index is 1.99. The van der Waals surface area contributed by atoms with Crippen molar-refractivity contribution < 1.29 is 4.74 Å². The molecule has 0 radical (unpaired) electrons. The van der Waals surface area contributed by atoms with Gasteiger partial charge in [0.25, 0.3) is 0 Å². The first kappa shape index (κ1) is 14.3. The summed E-state index contributed by atoms with van der Waals surface area (Å²) in [5.74, 6) is 1.03. The summed E-state index contributed by atoms with van der Waals surface area (Å²) in [6, 6.07) is 10.5. The van der Waals surface area contributed by atoms with Crippen LogP contribution in [0.3, 0.4) is 0 Å². The summed E-state index contributed by atoms with van der Waals surface area (Å²) in [4.78, 5) is 7.09. The molecule has 2 N–H and O–H groups in total. The molecule has 112 valence electrons. The molecular weight excluding hydrogens is 262 g/mol. The first-order chi connectivity index (χ1) is 10.3. The van der Waals surface area contributed by atoms with Crippen LogP contribution in [0.4, 0.5) is 5.82 Å². The van der Waals surface area contributed by atoms with Crippen molar-refractivity contribution in [1.29, 1.82) is 0 Å². The van der Waals surface area contributed by atoms with E-state index < -0.39 is 0 Å². The minimum Gasteiger partial charge on any atom is -0.376 e. The number of fused-ring (bicyclic) bond motifs is 1. The second-order valence-electron chi connectivity index (χ2n) is 5.54. The molecule has 0 amide bonds. The largest absolute Gasteiger partial charge is 0.376 e. The van der Waals surface area contributed by atoms with Crippen LogP contribution in [0, 0.1) is 0 Å². The monoisotopic (exact) mass is 285 g/mol. The predicted molar refractivity (Wildman–Crippen MR) is 86.5 cm³/mol. The van der Waals surface area contributed by atoms with Crippen LogP contribution >= 0.6 is 0 Å². The molecule has 3 rings (SSSR count). The van der Waals surface area contributed by atoms with Crippen molar-refractivity contribution in [3.05, 3.63) is 36.0 Å². The molecule has 0 saturated carbocycles. The van der Waals surface area contributed by atoms with Gasteiger partial charge >= 0.3 is 0 Å². The summed E-state index contributed by atoms with van der Waals surface area (Å²) in [6.07, 6.45) is 2.64. The highest BCUT2D eigenvalue weighted by molar-refractivity contribution is 5.92. The van der Waals surface area contributed by atoms with E-state index in [9.17, 15) is 0 Å². The Morgan fingerprint density at radius 3 is 2.95 bits per heavy atom. The molecule has 1 aromatic heterocycles. The maximum Gasteiger partial charge on any atom is 0.136 e. The van der Waals surface area contributed by atoms with Gasteiger partial charge in [-0.15, -0.1) is 0 Å². The molecule has 1 atom stereocenters. The molecule has 21 heavy (non-hydrogen) atoms. The Morgan fingerprint density at radius 1 is 1.38 bits per heavy atom. The van der Waals surface area contributed by atoms with Crippen molar-refractivity contribution in [2.75, 3.05) is 24.6 Å². The summed E-state index contributed by atoms with van der Waals surface area (Å²) in [6.45, 7) is 5.35. The molecule has 4 nitrogen and oxygen atoms in total. The quantitative estimate of drug-likeness (QED) is 0.917. The predicted octanol–water partition coefficient (Wildman–Crippen LogP) is 2.70. The lowest BCUT2D eigenvalue weighted by Gasteiger charge is -2.26. The molecule has 4 heteroatoms. The zero-order valence-corrected chi connectivity index (χ0v) is 12.6. The number of aromatic nitrogens is 1. The van der Waals surface area contributed by atoms with Crippen molar-refractivity contribution >= 4 is 16.6 Å². The minimum atomic E-state index is 0.326. The fourth-order valence-electron chi connectivity index (χ4n) is 2.98. The van der Waals surface area contributed by atoms with Crippen LogP contribution in [-0.4, -0.2) is 30.8 Å². The lowest BCUT2D eigenvalue weighted by atomic mass is 10.1. The molecular formula is C17H23N3O. The number of anilines is 1. The van der Waals surface area contributed by atoms with E-state index in [1.807, 2.05) is 0 Å². The number of ether oxygens (including phenoxy) is 1. The maximum atomic E-state index is 5.81. The Hall–Kier alpha value is -1.65. The standard InChI is InChI=1S/C17H23N3O/c1-2-20(12-15-7-5-9-21-15)17-16-8-4-3-6-13(16)10-14(11-18)19-17/h3-4,6,8,10,15H,2,5,7,9,11-12,18H2,1H3. The smallest absolute Gasteiger partial charge is 0.136 e. The summed E-state index contributed by atoms with van der Waals surface area (Å²) >= 11 is 0. The fraction of sp³-hybridized carbons (Fsp3) is 0.471. The fourth-order valence-corrected chi connectivity index (χ4v) is 2.98. The summed E-state index contributed by atoms with van der Waals surface area (Å²) in [5.41, 5.74) is 6.75. The Kier molecular flexibility index (Phi) is 4.36. The molecule has 1 aliphatic rings. The molecule has 2 aromatic rings. The van der Waals surface area contributed by atoms with Gasteiger partial charge in [-0.1, -0.05) is 24.3 Å². The summed E-state index contributed by atoms with van der Waals surface area (Å²) < 4.78 is 5.78. The highest BCUT2D eigenvalue weighted by Crippen LogP contribution is 2.27. The van der Waals surface area contributed by atoms with Crippen molar-refractivity contribution in [3.8, 4) is 0 Å². The Labute approximate surface area is 125 Å². The zero-order valence-electron chi connectivity index (χ0n) is 12.6. The van der Waals surface area contributed by atoms with E-state index in [1.165, 1.54) is 17.2 Å². The van der Waals surface area contributed by atoms with Crippen LogP contribution in [0.15, 0.2) is 30.3 Å². The third-order valence-electron chi connectivity index (χ3n) is 4.11. The third kappa shape index (κ3) is 3.01. The molecule has 0 aliphatic carbocycles. The van der Waals surface area contributed by atoms with Gasteiger partial charge in [-0.05, 0) is 31.2 Å². The Bertz CT molecular complexity index is 608.